The van der Waals surface area contributed by atoms with Gasteiger partial charge in [-0.3, -0.25) is 9.36 Å². The topological polar surface area (TPSA) is 109 Å². The molecule has 152 valence electrons. The minimum atomic E-state index is -3.38. The first kappa shape index (κ1) is 19.3. The Hall–Kier alpha value is -2.04. The van der Waals surface area contributed by atoms with Crippen LogP contribution in [0.15, 0.2) is 23.1 Å². The Morgan fingerprint density at radius 2 is 1.82 bits per heavy atom. The van der Waals surface area contributed by atoms with Crippen molar-refractivity contribution < 1.29 is 8.42 Å². The van der Waals surface area contributed by atoms with E-state index in [0.29, 0.717) is 37.5 Å². The van der Waals surface area contributed by atoms with Crippen LogP contribution < -0.4 is 15.6 Å². The Morgan fingerprint density at radius 3 is 2.50 bits per heavy atom. The molecule has 1 saturated heterocycles. The molecule has 10 heteroatoms. The molecule has 0 radical (unpaired) electrons. The molecule has 0 spiro atoms. The van der Waals surface area contributed by atoms with Crippen molar-refractivity contribution in [2.75, 3.05) is 25.5 Å². The molecule has 2 aromatic rings. The second-order valence-electron chi connectivity index (χ2n) is 7.48. The molecule has 9 nitrogen and oxygen atoms in total. The van der Waals surface area contributed by atoms with E-state index in [1.165, 1.54) is 11.4 Å². The van der Waals surface area contributed by atoms with Crippen molar-refractivity contribution in [3.05, 3.63) is 28.7 Å². The summed E-state index contributed by atoms with van der Waals surface area (Å²) >= 11 is 0. The van der Waals surface area contributed by atoms with Crippen LogP contribution in [0.25, 0.3) is 11.0 Å². The molecule has 0 bridgehead atoms. The van der Waals surface area contributed by atoms with Crippen LogP contribution in [0.3, 0.4) is 0 Å². The zero-order chi connectivity index (χ0) is 19.7. The highest BCUT2D eigenvalue weighted by Crippen LogP contribution is 2.30. The fourth-order valence-corrected chi connectivity index (χ4v) is 5.13. The summed E-state index contributed by atoms with van der Waals surface area (Å²) in [6.45, 7) is 0.891. The standard InChI is InChI=1S/C18H26N6O3S/c1-19-28(26,27)23-10-8-14(9-11-23)21-18-20-12-13-6-7-16(25)24(17(13)22-18)15-4-2-3-5-15/h6-7,12,14-15,19H,2-5,8-11H2,1H3,(H,20,21,22). The van der Waals surface area contributed by atoms with E-state index >= 15 is 0 Å². The van der Waals surface area contributed by atoms with Gasteiger partial charge in [-0.1, -0.05) is 12.8 Å². The summed E-state index contributed by atoms with van der Waals surface area (Å²) in [4.78, 5) is 21.5. The summed E-state index contributed by atoms with van der Waals surface area (Å²) in [5.41, 5.74) is 0.654. The lowest BCUT2D eigenvalue weighted by Crippen LogP contribution is -2.46. The second kappa shape index (κ2) is 7.76. The van der Waals surface area contributed by atoms with Gasteiger partial charge < -0.3 is 5.32 Å². The van der Waals surface area contributed by atoms with Crippen LogP contribution in [0.1, 0.15) is 44.6 Å². The largest absolute Gasteiger partial charge is 0.351 e. The summed E-state index contributed by atoms with van der Waals surface area (Å²) in [5, 5.41) is 4.17. The predicted molar refractivity (Wildman–Crippen MR) is 108 cm³/mol. The maximum Gasteiger partial charge on any atom is 0.279 e. The second-order valence-corrected chi connectivity index (χ2v) is 9.35. The molecule has 1 saturated carbocycles. The number of hydrogen-bond acceptors (Lipinski definition) is 6. The van der Waals surface area contributed by atoms with Crippen LogP contribution in [0, 0.1) is 0 Å². The van der Waals surface area contributed by atoms with Gasteiger partial charge in [0.2, 0.25) is 5.95 Å². The van der Waals surface area contributed by atoms with Crippen LogP contribution in [0.5, 0.6) is 0 Å². The number of nitrogens with zero attached hydrogens (tertiary/aromatic N) is 4. The molecule has 28 heavy (non-hydrogen) atoms. The number of piperidine rings is 1. The Balaban J connectivity index is 1.54. The molecule has 4 rings (SSSR count). The summed E-state index contributed by atoms with van der Waals surface area (Å²) in [6, 6.07) is 3.66. The number of nitrogens with one attached hydrogen (secondary N) is 2. The molecule has 2 fully saturated rings. The molecule has 1 aliphatic carbocycles. The summed E-state index contributed by atoms with van der Waals surface area (Å²) < 4.78 is 29.4. The van der Waals surface area contributed by atoms with E-state index in [9.17, 15) is 13.2 Å². The van der Waals surface area contributed by atoms with E-state index in [4.69, 9.17) is 0 Å². The van der Waals surface area contributed by atoms with Crippen molar-refractivity contribution in [1.29, 1.82) is 0 Å². The van der Waals surface area contributed by atoms with Gasteiger partial charge in [0.15, 0.2) is 0 Å². The average Bonchev–Trinajstić information content (AvgIpc) is 3.22. The van der Waals surface area contributed by atoms with Gasteiger partial charge in [0, 0.05) is 49.9 Å². The molecular weight excluding hydrogens is 380 g/mol. The first-order chi connectivity index (χ1) is 13.5. The molecule has 1 aliphatic heterocycles. The first-order valence-electron chi connectivity index (χ1n) is 9.81. The SMILES string of the molecule is CNS(=O)(=O)N1CCC(Nc2ncc3ccc(=O)n(C4CCCC4)c3n2)CC1. The summed E-state index contributed by atoms with van der Waals surface area (Å²) in [6.07, 6.45) is 7.37. The molecular formula is C18H26N6O3S. The van der Waals surface area contributed by atoms with Gasteiger partial charge in [-0.15, -0.1) is 0 Å². The highest BCUT2D eigenvalue weighted by atomic mass is 32.2. The Kier molecular flexibility index (Phi) is 5.35. The zero-order valence-corrected chi connectivity index (χ0v) is 16.8. The third-order valence-electron chi connectivity index (χ3n) is 5.74. The normalized spacial score (nSPS) is 20.0. The Bertz CT molecular complexity index is 1010. The lowest BCUT2D eigenvalue weighted by atomic mass is 10.1. The fraction of sp³-hybridized carbons (Fsp3) is 0.611. The quantitative estimate of drug-likeness (QED) is 0.773. The molecule has 3 heterocycles. The van der Waals surface area contributed by atoms with Gasteiger partial charge in [0.25, 0.3) is 15.8 Å². The number of hydrogen-bond donors (Lipinski definition) is 2. The Labute approximate surface area is 164 Å². The number of rotatable bonds is 5. The van der Waals surface area contributed by atoms with Crippen molar-refractivity contribution in [3.63, 3.8) is 0 Å². The van der Waals surface area contributed by atoms with Crippen molar-refractivity contribution in [2.45, 2.75) is 50.6 Å². The van der Waals surface area contributed by atoms with E-state index in [1.54, 1.807) is 18.3 Å². The molecule has 2 N–H and O–H groups in total. The van der Waals surface area contributed by atoms with Crippen LogP contribution in [-0.4, -0.2) is 53.4 Å². The van der Waals surface area contributed by atoms with E-state index in [1.807, 2.05) is 4.57 Å². The monoisotopic (exact) mass is 406 g/mol. The molecule has 0 amide bonds. The van der Waals surface area contributed by atoms with Crippen LogP contribution >= 0.6 is 0 Å². The van der Waals surface area contributed by atoms with Gasteiger partial charge in [0.1, 0.15) is 5.65 Å². The molecule has 0 aromatic carbocycles. The highest BCUT2D eigenvalue weighted by Gasteiger charge is 2.27. The average molecular weight is 407 g/mol. The van der Waals surface area contributed by atoms with E-state index in [2.05, 4.69) is 20.0 Å². The predicted octanol–water partition coefficient (Wildman–Crippen LogP) is 1.25. The summed E-state index contributed by atoms with van der Waals surface area (Å²) in [5.74, 6) is 0.486. The van der Waals surface area contributed by atoms with Crippen LogP contribution in [0.4, 0.5) is 5.95 Å². The zero-order valence-electron chi connectivity index (χ0n) is 16.0. The fourth-order valence-electron chi connectivity index (χ4n) is 4.18. The summed E-state index contributed by atoms with van der Waals surface area (Å²) in [7, 11) is -1.96. The van der Waals surface area contributed by atoms with Gasteiger partial charge >= 0.3 is 0 Å². The number of anilines is 1. The minimum Gasteiger partial charge on any atom is -0.351 e. The van der Waals surface area contributed by atoms with E-state index < -0.39 is 10.2 Å². The minimum absolute atomic E-state index is 0.0189. The maximum atomic E-state index is 12.5. The molecule has 0 unspecified atom stereocenters. The van der Waals surface area contributed by atoms with Crippen LogP contribution in [0.2, 0.25) is 0 Å². The number of pyridine rings is 1. The molecule has 2 aliphatic rings. The van der Waals surface area contributed by atoms with Crippen molar-refractivity contribution >= 4 is 27.2 Å². The van der Waals surface area contributed by atoms with Crippen molar-refractivity contribution in [1.82, 2.24) is 23.6 Å². The Morgan fingerprint density at radius 1 is 1.11 bits per heavy atom. The van der Waals surface area contributed by atoms with Gasteiger partial charge in [-0.05, 0) is 31.7 Å². The van der Waals surface area contributed by atoms with E-state index in [-0.39, 0.29) is 17.6 Å². The third-order valence-corrected chi connectivity index (χ3v) is 7.30. The van der Waals surface area contributed by atoms with Crippen molar-refractivity contribution in [3.8, 4) is 0 Å². The van der Waals surface area contributed by atoms with E-state index in [0.717, 1.165) is 31.1 Å². The lowest BCUT2D eigenvalue weighted by molar-refractivity contribution is 0.326. The van der Waals surface area contributed by atoms with Gasteiger partial charge in [-0.25, -0.2) is 9.71 Å². The lowest BCUT2D eigenvalue weighted by Gasteiger charge is -2.31. The van der Waals surface area contributed by atoms with Gasteiger partial charge in [0.05, 0.1) is 0 Å². The van der Waals surface area contributed by atoms with Crippen molar-refractivity contribution in [2.24, 2.45) is 0 Å². The van der Waals surface area contributed by atoms with Gasteiger partial charge in [-0.2, -0.15) is 17.7 Å². The first-order valence-corrected chi connectivity index (χ1v) is 11.3. The molecule has 2 aromatic heterocycles. The maximum absolute atomic E-state index is 12.5. The number of fused-ring (bicyclic) bond motifs is 1. The molecule has 0 atom stereocenters. The highest BCUT2D eigenvalue weighted by molar-refractivity contribution is 7.87. The number of aromatic nitrogens is 3. The third kappa shape index (κ3) is 3.76. The smallest absolute Gasteiger partial charge is 0.279 e. The van der Waals surface area contributed by atoms with Crippen LogP contribution in [-0.2, 0) is 10.2 Å².